The Morgan fingerprint density at radius 3 is 1.43 bits per heavy atom. The molecule has 2 N–H and O–H groups in total. The van der Waals surface area contributed by atoms with Gasteiger partial charge in [0.15, 0.2) is 0 Å². The first-order valence-electron chi connectivity index (χ1n) is 8.51. The van der Waals surface area contributed by atoms with Crippen LogP contribution in [0.15, 0.2) is 78.9 Å². The molecule has 0 saturated heterocycles. The lowest BCUT2D eigenvalue weighted by Crippen LogP contribution is -2.05. The van der Waals surface area contributed by atoms with Gasteiger partial charge in [0, 0.05) is 0 Å². The van der Waals surface area contributed by atoms with Crippen LogP contribution in [0.3, 0.4) is 0 Å². The predicted octanol–water partition coefficient (Wildman–Crippen LogP) is 4.29. The van der Waals surface area contributed by atoms with Gasteiger partial charge in [-0.15, -0.1) is 0 Å². The summed E-state index contributed by atoms with van der Waals surface area (Å²) in [7, 11) is 0. The zero-order chi connectivity index (χ0) is 19.9. The Labute approximate surface area is 161 Å². The fourth-order valence-corrected chi connectivity index (χ4v) is 2.39. The predicted molar refractivity (Wildman–Crippen MR) is 107 cm³/mol. The Morgan fingerprint density at radius 1 is 0.643 bits per heavy atom. The number of carbonyl (C=O) groups is 2. The molecule has 28 heavy (non-hydrogen) atoms. The number of nitrogens with zero attached hydrogens (tertiary/aromatic N) is 1. The third kappa shape index (κ3) is 5.02. The SMILES string of the molecule is O=C(/C=C/c1ccc(O)cc1)c1cccc(C(=O)/C=C/c2ccc(O)cc2)n1. The van der Waals surface area contributed by atoms with Gasteiger partial charge in [-0.25, -0.2) is 4.98 Å². The number of aromatic hydroxyl groups is 2. The first-order valence-corrected chi connectivity index (χ1v) is 8.51. The minimum Gasteiger partial charge on any atom is -0.508 e. The third-order valence-electron chi connectivity index (χ3n) is 3.89. The molecule has 0 radical (unpaired) electrons. The van der Waals surface area contributed by atoms with Crippen molar-refractivity contribution >= 4 is 23.7 Å². The molecule has 3 rings (SSSR count). The molecule has 0 amide bonds. The van der Waals surface area contributed by atoms with E-state index in [1.807, 2.05) is 0 Å². The van der Waals surface area contributed by atoms with Crippen molar-refractivity contribution in [1.82, 2.24) is 4.98 Å². The van der Waals surface area contributed by atoms with Crippen molar-refractivity contribution < 1.29 is 19.8 Å². The summed E-state index contributed by atoms with van der Waals surface area (Å²) >= 11 is 0. The average Bonchev–Trinajstić information content (AvgIpc) is 2.72. The van der Waals surface area contributed by atoms with Gasteiger partial charge in [-0.2, -0.15) is 0 Å². The Hall–Kier alpha value is -3.99. The number of rotatable bonds is 6. The van der Waals surface area contributed by atoms with Crippen LogP contribution < -0.4 is 0 Å². The number of phenolic OH excluding ortho intramolecular Hbond substituents is 2. The lowest BCUT2D eigenvalue weighted by molar-refractivity contribution is 0.104. The Kier molecular flexibility index (Phi) is 5.77. The lowest BCUT2D eigenvalue weighted by atomic mass is 10.1. The normalized spacial score (nSPS) is 11.1. The van der Waals surface area contributed by atoms with Crippen molar-refractivity contribution in [1.29, 1.82) is 0 Å². The Morgan fingerprint density at radius 2 is 1.04 bits per heavy atom. The van der Waals surface area contributed by atoms with Crippen molar-refractivity contribution in [3.05, 3.63) is 101 Å². The smallest absolute Gasteiger partial charge is 0.204 e. The van der Waals surface area contributed by atoms with Crippen molar-refractivity contribution in [2.45, 2.75) is 0 Å². The molecular weight excluding hydrogens is 354 g/mol. The second kappa shape index (κ2) is 8.60. The second-order valence-electron chi connectivity index (χ2n) is 5.99. The third-order valence-corrected chi connectivity index (χ3v) is 3.89. The van der Waals surface area contributed by atoms with Gasteiger partial charge in [0.25, 0.3) is 0 Å². The van der Waals surface area contributed by atoms with E-state index in [9.17, 15) is 19.8 Å². The molecule has 0 spiro atoms. The van der Waals surface area contributed by atoms with Crippen LogP contribution in [0.4, 0.5) is 0 Å². The van der Waals surface area contributed by atoms with Crippen molar-refractivity contribution in [3.8, 4) is 11.5 Å². The second-order valence-corrected chi connectivity index (χ2v) is 5.99. The number of hydrogen-bond acceptors (Lipinski definition) is 5. The molecule has 0 aliphatic heterocycles. The quantitative estimate of drug-likeness (QED) is 0.499. The molecule has 0 unspecified atom stereocenters. The Bertz CT molecular complexity index is 966. The highest BCUT2D eigenvalue weighted by atomic mass is 16.3. The van der Waals surface area contributed by atoms with Crippen LogP contribution in [0.25, 0.3) is 12.2 Å². The fraction of sp³-hybridized carbons (Fsp3) is 0. The molecule has 0 saturated carbocycles. The number of phenols is 2. The fourth-order valence-electron chi connectivity index (χ4n) is 2.39. The van der Waals surface area contributed by atoms with Crippen molar-refractivity contribution in [3.63, 3.8) is 0 Å². The standard InChI is InChI=1S/C23H17NO4/c25-18-10-4-16(5-11-18)8-14-22(27)20-2-1-3-21(24-20)23(28)15-9-17-6-12-19(26)13-7-17/h1-15,25-26H/b14-8+,15-9+. The van der Waals surface area contributed by atoms with Gasteiger partial charge in [0.05, 0.1) is 0 Å². The number of aromatic nitrogens is 1. The number of pyridine rings is 1. The minimum absolute atomic E-state index is 0.150. The van der Waals surface area contributed by atoms with Gasteiger partial charge < -0.3 is 10.2 Å². The molecule has 0 bridgehead atoms. The van der Waals surface area contributed by atoms with E-state index in [4.69, 9.17) is 0 Å². The van der Waals surface area contributed by atoms with Crippen LogP contribution in [0.2, 0.25) is 0 Å². The van der Waals surface area contributed by atoms with Crippen LogP contribution >= 0.6 is 0 Å². The van der Waals surface area contributed by atoms with E-state index in [1.54, 1.807) is 54.6 Å². The molecule has 0 atom stereocenters. The highest BCUT2D eigenvalue weighted by molar-refractivity contribution is 6.08. The van der Waals surface area contributed by atoms with Crippen molar-refractivity contribution in [2.24, 2.45) is 0 Å². The van der Waals surface area contributed by atoms with E-state index in [0.29, 0.717) is 0 Å². The van der Waals surface area contributed by atoms with Crippen LogP contribution in [0.1, 0.15) is 32.1 Å². The maximum Gasteiger partial charge on any atom is 0.204 e. The monoisotopic (exact) mass is 371 g/mol. The number of hydrogen-bond donors (Lipinski definition) is 2. The highest BCUT2D eigenvalue weighted by Crippen LogP contribution is 2.13. The summed E-state index contributed by atoms with van der Waals surface area (Å²) in [6.07, 6.45) is 5.97. The van der Waals surface area contributed by atoms with E-state index in [0.717, 1.165) is 11.1 Å². The molecule has 0 aliphatic carbocycles. The molecular formula is C23H17NO4. The van der Waals surface area contributed by atoms with Gasteiger partial charge in [-0.3, -0.25) is 9.59 Å². The van der Waals surface area contributed by atoms with E-state index in [-0.39, 0.29) is 34.5 Å². The molecule has 2 aromatic carbocycles. The first kappa shape index (κ1) is 18.8. The van der Waals surface area contributed by atoms with Gasteiger partial charge in [-0.05, 0) is 59.7 Å². The van der Waals surface area contributed by atoms with Gasteiger partial charge in [-0.1, -0.05) is 42.5 Å². The average molecular weight is 371 g/mol. The molecule has 1 aromatic heterocycles. The summed E-state index contributed by atoms with van der Waals surface area (Å²) in [6.45, 7) is 0. The van der Waals surface area contributed by atoms with Crippen LogP contribution in [-0.4, -0.2) is 26.8 Å². The molecule has 1 heterocycles. The number of benzene rings is 2. The van der Waals surface area contributed by atoms with Gasteiger partial charge >= 0.3 is 0 Å². The van der Waals surface area contributed by atoms with E-state index < -0.39 is 0 Å². The number of ketones is 2. The maximum absolute atomic E-state index is 12.3. The molecule has 138 valence electrons. The molecule has 5 nitrogen and oxygen atoms in total. The summed E-state index contributed by atoms with van der Waals surface area (Å²) in [4.78, 5) is 28.8. The summed E-state index contributed by atoms with van der Waals surface area (Å²) in [6, 6.07) is 17.5. The molecule has 3 aromatic rings. The van der Waals surface area contributed by atoms with E-state index in [2.05, 4.69) is 4.98 Å². The summed E-state index contributed by atoms with van der Waals surface area (Å²) in [5.74, 6) is -0.357. The highest BCUT2D eigenvalue weighted by Gasteiger charge is 2.09. The topological polar surface area (TPSA) is 87.5 Å². The molecule has 5 heteroatoms. The van der Waals surface area contributed by atoms with Gasteiger partial charge in [0.1, 0.15) is 22.9 Å². The number of carbonyl (C=O) groups excluding carboxylic acids is 2. The largest absolute Gasteiger partial charge is 0.508 e. The maximum atomic E-state index is 12.3. The zero-order valence-electron chi connectivity index (χ0n) is 14.8. The molecule has 0 fully saturated rings. The lowest BCUT2D eigenvalue weighted by Gasteiger charge is -2.00. The molecule has 0 aliphatic rings. The van der Waals surface area contributed by atoms with Crippen LogP contribution in [0, 0.1) is 0 Å². The first-order chi connectivity index (χ1) is 13.5. The van der Waals surface area contributed by atoms with Crippen molar-refractivity contribution in [2.75, 3.05) is 0 Å². The summed E-state index contributed by atoms with van der Waals surface area (Å²) in [5, 5.41) is 18.5. The minimum atomic E-state index is -0.328. The summed E-state index contributed by atoms with van der Waals surface area (Å²) < 4.78 is 0. The van der Waals surface area contributed by atoms with Gasteiger partial charge in [0.2, 0.25) is 11.6 Å². The number of allylic oxidation sites excluding steroid dienone is 2. The van der Waals surface area contributed by atoms with Crippen LogP contribution in [0.5, 0.6) is 11.5 Å². The summed E-state index contributed by atoms with van der Waals surface area (Å²) in [5.41, 5.74) is 1.85. The van der Waals surface area contributed by atoms with Crippen LogP contribution in [-0.2, 0) is 0 Å². The zero-order valence-corrected chi connectivity index (χ0v) is 14.8. The van der Waals surface area contributed by atoms with E-state index >= 15 is 0 Å². The van der Waals surface area contributed by atoms with E-state index in [1.165, 1.54) is 36.4 Å². The Balaban J connectivity index is 1.71.